The molecule has 1 aromatic rings. The summed E-state index contributed by atoms with van der Waals surface area (Å²) < 4.78 is 16.2. The number of rotatable bonds is 6. The van der Waals surface area contributed by atoms with Gasteiger partial charge < -0.3 is 61.3 Å². The number of carbonyl (C=O) groups excluding carboxylic acids is 1. The molecule has 158 valence electrons. The second-order valence-electron chi connectivity index (χ2n) is 6.48. The van der Waals surface area contributed by atoms with Gasteiger partial charge >= 0.3 is 0 Å². The molecule has 28 heavy (non-hydrogen) atoms. The highest BCUT2D eigenvalue weighted by Crippen LogP contribution is 2.43. The summed E-state index contributed by atoms with van der Waals surface area (Å²) in [6, 6.07) is 0. The van der Waals surface area contributed by atoms with Crippen molar-refractivity contribution in [1.29, 1.82) is 0 Å². The quantitative estimate of drug-likeness (QED) is 0.215. The summed E-state index contributed by atoms with van der Waals surface area (Å²) in [6.45, 7) is -1.37. The number of aliphatic hydroxyl groups excluding tert-OH is 6. The molecule has 8 atom stereocenters. The van der Waals surface area contributed by atoms with E-state index in [1.807, 2.05) is 0 Å². The smallest absolute Gasteiger partial charge is 0.269 e. The number of hydrogen-bond donors (Lipinski definition) is 9. The minimum Gasteiger partial charge on any atom is -0.394 e. The minimum absolute atomic E-state index is 0.336. The molecule has 3 heterocycles. The number of nitrogens with two attached hydrogens (primary N) is 2. The Morgan fingerprint density at radius 3 is 2.25 bits per heavy atom. The topological polar surface area (TPSA) is 247 Å². The lowest BCUT2D eigenvalue weighted by molar-refractivity contribution is -0.343. The van der Waals surface area contributed by atoms with Crippen LogP contribution < -0.4 is 11.5 Å². The van der Waals surface area contributed by atoms with Crippen LogP contribution in [-0.2, 0) is 20.0 Å². The van der Waals surface area contributed by atoms with Gasteiger partial charge in [0.2, 0.25) is 0 Å². The summed E-state index contributed by atoms with van der Waals surface area (Å²) in [4.78, 5) is 17.7. The van der Waals surface area contributed by atoms with Gasteiger partial charge in [0.05, 0.1) is 13.2 Å². The van der Waals surface area contributed by atoms with Gasteiger partial charge in [0.25, 0.3) is 11.7 Å². The molecule has 2 aliphatic heterocycles. The Bertz CT molecular complexity index is 731. The van der Waals surface area contributed by atoms with Gasteiger partial charge in [0.1, 0.15) is 42.3 Å². The summed E-state index contributed by atoms with van der Waals surface area (Å²) in [5, 5.41) is 59.3. The maximum Gasteiger partial charge on any atom is 0.269 e. The van der Waals surface area contributed by atoms with E-state index in [0.717, 1.165) is 0 Å². The molecule has 0 aliphatic carbocycles. The zero-order valence-corrected chi connectivity index (χ0v) is 14.4. The number of aliphatic hydroxyl groups is 6. The molecule has 2 saturated heterocycles. The number of H-pyrrole nitrogens is 1. The van der Waals surface area contributed by atoms with E-state index in [9.17, 15) is 35.4 Å². The number of nitrogens with zero attached hydrogens (tertiary/aromatic N) is 1. The summed E-state index contributed by atoms with van der Waals surface area (Å²) in [5.41, 5.74) is 10.5. The number of imidazole rings is 1. The fraction of sp³-hybridized carbons (Fsp3) is 0.714. The molecule has 11 N–H and O–H groups in total. The van der Waals surface area contributed by atoms with E-state index in [4.69, 9.17) is 25.7 Å². The van der Waals surface area contributed by atoms with Gasteiger partial charge in [0, 0.05) is 0 Å². The highest BCUT2D eigenvalue weighted by atomic mass is 16.8. The first-order chi connectivity index (χ1) is 13.2. The Hall–Kier alpha value is -1.88. The maximum absolute atomic E-state index is 11.5. The number of hydrogen-bond acceptors (Lipinski definition) is 12. The first kappa shape index (κ1) is 20.8. The van der Waals surface area contributed by atoms with Crippen molar-refractivity contribution in [2.45, 2.75) is 48.7 Å². The number of aromatic amines is 1. The van der Waals surface area contributed by atoms with Gasteiger partial charge in [0.15, 0.2) is 17.9 Å². The molecule has 14 nitrogen and oxygen atoms in total. The van der Waals surface area contributed by atoms with Crippen molar-refractivity contribution in [3.63, 3.8) is 0 Å². The van der Waals surface area contributed by atoms with Gasteiger partial charge in [-0.25, -0.2) is 4.98 Å². The molecule has 2 aliphatic rings. The van der Waals surface area contributed by atoms with Crippen LogP contribution in [0.25, 0.3) is 0 Å². The number of nitrogen functional groups attached to an aromatic ring is 1. The summed E-state index contributed by atoms with van der Waals surface area (Å²) in [5.74, 6) is -4.13. The number of ether oxygens (including phenoxy) is 3. The Kier molecular flexibility index (Phi) is 5.59. The lowest BCUT2D eigenvalue weighted by Gasteiger charge is -2.33. The first-order valence-electron chi connectivity index (χ1n) is 8.27. The van der Waals surface area contributed by atoms with E-state index in [0.29, 0.717) is 0 Å². The Morgan fingerprint density at radius 1 is 1.14 bits per heavy atom. The molecule has 14 heteroatoms. The highest BCUT2D eigenvalue weighted by Gasteiger charge is 2.61. The molecule has 0 saturated carbocycles. The summed E-state index contributed by atoms with van der Waals surface area (Å²) in [7, 11) is 0. The third-order valence-corrected chi connectivity index (χ3v) is 4.70. The van der Waals surface area contributed by atoms with E-state index in [1.165, 1.54) is 0 Å². The van der Waals surface area contributed by atoms with Crippen molar-refractivity contribution in [3.8, 4) is 0 Å². The van der Waals surface area contributed by atoms with Crippen molar-refractivity contribution in [1.82, 2.24) is 9.97 Å². The van der Waals surface area contributed by atoms with E-state index >= 15 is 0 Å². The zero-order valence-electron chi connectivity index (χ0n) is 14.4. The van der Waals surface area contributed by atoms with Gasteiger partial charge in [-0.1, -0.05) is 0 Å². The summed E-state index contributed by atoms with van der Waals surface area (Å²) >= 11 is 0. The standard InChI is InChI=1S/C14H22N4O10/c15-10-5(11(16)25)17-13(18-10)14(9(24)7(22)4(2-20)27-14)28-12-8(23)6(21)3(1-19)26-12/h3-4,6-9,12,19-24H,1-2,15H2,(H2,16,25)(H,17,18)/t3-,4-,6-,7-,8-,9-,12-,14?/m1/s1. The monoisotopic (exact) mass is 406 g/mol. The number of aromatic nitrogens is 2. The molecular formula is C14H22N4O10. The normalized spacial score (nSPS) is 40.9. The van der Waals surface area contributed by atoms with Crippen LogP contribution >= 0.6 is 0 Å². The fourth-order valence-corrected chi connectivity index (χ4v) is 3.16. The Balaban J connectivity index is 2.02. The van der Waals surface area contributed by atoms with Crippen LogP contribution in [0.5, 0.6) is 0 Å². The summed E-state index contributed by atoms with van der Waals surface area (Å²) in [6.07, 6.45) is -10.9. The van der Waals surface area contributed by atoms with Gasteiger partial charge in [-0.2, -0.15) is 0 Å². The zero-order chi connectivity index (χ0) is 20.8. The fourth-order valence-electron chi connectivity index (χ4n) is 3.16. The lowest BCUT2D eigenvalue weighted by atomic mass is 10.0. The van der Waals surface area contributed by atoms with Crippen molar-refractivity contribution in [3.05, 3.63) is 11.5 Å². The predicted molar refractivity (Wildman–Crippen MR) is 86.0 cm³/mol. The second-order valence-corrected chi connectivity index (χ2v) is 6.48. The number of anilines is 1. The van der Waals surface area contributed by atoms with Gasteiger partial charge in [-0.05, 0) is 0 Å². The molecule has 3 rings (SSSR count). The van der Waals surface area contributed by atoms with Gasteiger partial charge in [-0.15, -0.1) is 0 Å². The molecule has 1 unspecified atom stereocenters. The number of amides is 1. The Labute approximate surface area is 157 Å². The Morgan fingerprint density at radius 2 is 1.79 bits per heavy atom. The number of primary amides is 1. The van der Waals surface area contributed by atoms with Crippen LogP contribution in [0.4, 0.5) is 5.82 Å². The number of carbonyl (C=O) groups is 1. The predicted octanol–water partition coefficient (Wildman–Crippen LogP) is -5.19. The van der Waals surface area contributed by atoms with Crippen LogP contribution in [0.3, 0.4) is 0 Å². The average Bonchev–Trinajstić information content (AvgIpc) is 3.26. The van der Waals surface area contributed by atoms with Crippen LogP contribution in [0.15, 0.2) is 0 Å². The molecule has 0 spiro atoms. The third kappa shape index (κ3) is 3.14. The van der Waals surface area contributed by atoms with E-state index in [1.54, 1.807) is 0 Å². The first-order valence-corrected chi connectivity index (χ1v) is 8.27. The van der Waals surface area contributed by atoms with Crippen molar-refractivity contribution < 1.29 is 49.6 Å². The van der Waals surface area contributed by atoms with Crippen LogP contribution in [0.2, 0.25) is 0 Å². The SMILES string of the molecule is NC(=O)c1[nH]c(C2(O[C@H]3O[C@H](CO)[C@@H](O)[C@H]3O)O[C@H](CO)[C@@H](O)[C@H]2O)nc1N. The molecule has 1 amide bonds. The average molecular weight is 406 g/mol. The van der Waals surface area contributed by atoms with Crippen molar-refractivity contribution >= 4 is 11.7 Å². The van der Waals surface area contributed by atoms with Crippen molar-refractivity contribution in [2.75, 3.05) is 18.9 Å². The lowest BCUT2D eigenvalue weighted by Crippen LogP contribution is -2.48. The number of nitrogens with one attached hydrogen (secondary N) is 1. The van der Waals surface area contributed by atoms with Crippen molar-refractivity contribution in [2.24, 2.45) is 5.73 Å². The minimum atomic E-state index is -2.38. The van der Waals surface area contributed by atoms with Crippen LogP contribution in [0, 0.1) is 0 Å². The van der Waals surface area contributed by atoms with E-state index in [-0.39, 0.29) is 11.5 Å². The largest absolute Gasteiger partial charge is 0.394 e. The second kappa shape index (κ2) is 7.51. The molecule has 0 radical (unpaired) electrons. The van der Waals surface area contributed by atoms with E-state index in [2.05, 4.69) is 9.97 Å². The maximum atomic E-state index is 11.5. The molecule has 0 aromatic carbocycles. The molecule has 1 aromatic heterocycles. The van der Waals surface area contributed by atoms with Gasteiger partial charge in [-0.3, -0.25) is 4.79 Å². The molecular weight excluding hydrogens is 384 g/mol. The van der Waals surface area contributed by atoms with Crippen LogP contribution in [0.1, 0.15) is 16.3 Å². The molecule has 2 fully saturated rings. The third-order valence-electron chi connectivity index (χ3n) is 4.70. The van der Waals surface area contributed by atoms with Crippen LogP contribution in [-0.4, -0.2) is 103 Å². The molecule has 0 bridgehead atoms. The van der Waals surface area contributed by atoms with E-state index < -0.39 is 73.6 Å². The highest BCUT2D eigenvalue weighted by molar-refractivity contribution is 5.95.